The second-order valence-corrected chi connectivity index (χ2v) is 2.93. The van der Waals surface area contributed by atoms with Crippen LogP contribution in [0.25, 0.3) is 0 Å². The Morgan fingerprint density at radius 3 is 2.25 bits per heavy atom. The Hall–Kier alpha value is -0.670. The molecular formula is C6H13NO4P+. The van der Waals surface area contributed by atoms with E-state index < -0.39 is 14.3 Å². The molecule has 0 fully saturated rings. The molecule has 70 valence electrons. The molecule has 0 saturated heterocycles. The van der Waals surface area contributed by atoms with Gasteiger partial charge >= 0.3 is 14.3 Å². The van der Waals surface area contributed by atoms with Gasteiger partial charge in [-0.2, -0.15) is 4.52 Å². The highest BCUT2D eigenvalue weighted by Gasteiger charge is 2.26. The van der Waals surface area contributed by atoms with Crippen molar-refractivity contribution in [2.24, 2.45) is 0 Å². The maximum Gasteiger partial charge on any atom is 0.754 e. The molecule has 0 aliphatic heterocycles. The zero-order valence-corrected chi connectivity index (χ0v) is 8.34. The lowest BCUT2D eigenvalue weighted by atomic mass is 10.6. The molecule has 0 rings (SSSR count). The van der Waals surface area contributed by atoms with Crippen LogP contribution in [-0.2, 0) is 13.6 Å². The van der Waals surface area contributed by atoms with Gasteiger partial charge in [-0.05, 0) is 13.8 Å². The van der Waals surface area contributed by atoms with Crippen molar-refractivity contribution in [3.63, 3.8) is 0 Å². The van der Waals surface area contributed by atoms with Crippen LogP contribution >= 0.6 is 8.25 Å². The molecule has 0 spiro atoms. The van der Waals surface area contributed by atoms with Crippen molar-refractivity contribution in [1.29, 1.82) is 0 Å². The number of rotatable bonds is 4. The summed E-state index contributed by atoms with van der Waals surface area (Å²) < 4.78 is 19.3. The minimum atomic E-state index is -2.30. The number of hydrogen-bond donors (Lipinski definition) is 0. The minimum absolute atomic E-state index is 0.530. The van der Waals surface area contributed by atoms with Crippen molar-refractivity contribution in [3.8, 4) is 0 Å². The third-order valence-electron chi connectivity index (χ3n) is 1.32. The normalized spacial score (nSPS) is 10.8. The van der Waals surface area contributed by atoms with Gasteiger partial charge < -0.3 is 4.90 Å². The largest absolute Gasteiger partial charge is 0.754 e. The van der Waals surface area contributed by atoms with Crippen LogP contribution in [0.15, 0.2) is 0 Å². The Bertz CT molecular complexity index is 169. The average Bonchev–Trinajstić information content (AvgIpc) is 2.06. The van der Waals surface area contributed by atoms with Crippen molar-refractivity contribution in [1.82, 2.24) is 4.90 Å². The summed E-state index contributed by atoms with van der Waals surface area (Å²) in [7, 11) is -1.09. The molecule has 1 atom stereocenters. The molecule has 0 radical (unpaired) electrons. The van der Waals surface area contributed by atoms with Crippen LogP contribution in [0.5, 0.6) is 0 Å². The molecule has 0 saturated carbocycles. The fourth-order valence-corrected chi connectivity index (χ4v) is 0.958. The molecule has 0 bridgehead atoms. The summed E-state index contributed by atoms with van der Waals surface area (Å²) >= 11 is 0. The molecular weight excluding hydrogens is 181 g/mol. The van der Waals surface area contributed by atoms with Crippen LogP contribution in [0.1, 0.15) is 13.8 Å². The van der Waals surface area contributed by atoms with E-state index >= 15 is 0 Å². The molecule has 0 aliphatic rings. The predicted molar refractivity (Wildman–Crippen MR) is 44.0 cm³/mol. The van der Waals surface area contributed by atoms with Crippen molar-refractivity contribution >= 4 is 14.3 Å². The third kappa shape index (κ3) is 3.64. The first-order valence-electron chi connectivity index (χ1n) is 3.63. The first-order chi connectivity index (χ1) is 5.65. The van der Waals surface area contributed by atoms with E-state index in [2.05, 4.69) is 9.05 Å². The van der Waals surface area contributed by atoms with Gasteiger partial charge in [-0.25, -0.2) is 4.79 Å². The molecule has 0 aromatic carbocycles. The van der Waals surface area contributed by atoms with E-state index in [-0.39, 0.29) is 0 Å². The van der Waals surface area contributed by atoms with Crippen LogP contribution in [0, 0.1) is 0 Å². The third-order valence-corrected chi connectivity index (χ3v) is 1.93. The Morgan fingerprint density at radius 1 is 1.42 bits per heavy atom. The van der Waals surface area contributed by atoms with Gasteiger partial charge in [-0.3, -0.25) is 0 Å². The molecule has 0 N–H and O–H groups in total. The van der Waals surface area contributed by atoms with E-state index in [1.807, 2.05) is 13.8 Å². The molecule has 0 heterocycles. The number of carbonyl (C=O) groups excluding carboxylic acids is 1. The highest BCUT2D eigenvalue weighted by Crippen LogP contribution is 2.22. The molecule has 6 heteroatoms. The first-order valence-corrected chi connectivity index (χ1v) is 4.73. The Balaban J connectivity index is 3.92. The maximum atomic E-state index is 11.0. The Kier molecular flexibility index (Phi) is 5.58. The SMILES string of the molecule is CCN(CC)C(=O)O[P+](=O)OC. The summed E-state index contributed by atoms with van der Waals surface area (Å²) in [6, 6.07) is 0. The van der Waals surface area contributed by atoms with Gasteiger partial charge in [0.05, 0.1) is 7.11 Å². The summed E-state index contributed by atoms with van der Waals surface area (Å²) in [5.41, 5.74) is 0. The van der Waals surface area contributed by atoms with Crippen molar-refractivity contribution in [3.05, 3.63) is 0 Å². The lowest BCUT2D eigenvalue weighted by molar-refractivity contribution is 0.152. The van der Waals surface area contributed by atoms with Gasteiger partial charge in [0.1, 0.15) is 0 Å². The second-order valence-electron chi connectivity index (χ2n) is 1.94. The fourth-order valence-electron chi connectivity index (χ4n) is 0.641. The number of amides is 1. The maximum absolute atomic E-state index is 11.0. The van der Waals surface area contributed by atoms with E-state index in [1.165, 1.54) is 12.0 Å². The molecule has 5 nitrogen and oxygen atoms in total. The molecule has 12 heavy (non-hydrogen) atoms. The van der Waals surface area contributed by atoms with Gasteiger partial charge in [-0.1, -0.05) is 0 Å². The Labute approximate surface area is 72.6 Å². The van der Waals surface area contributed by atoms with Crippen LogP contribution in [0.2, 0.25) is 0 Å². The summed E-state index contributed by atoms with van der Waals surface area (Å²) in [5, 5.41) is 0. The smallest absolute Gasteiger partial charge is 0.305 e. The van der Waals surface area contributed by atoms with Crippen LogP contribution in [0.4, 0.5) is 4.79 Å². The summed E-state index contributed by atoms with van der Waals surface area (Å²) in [6.07, 6.45) is -0.608. The lowest BCUT2D eigenvalue weighted by Gasteiger charge is -2.12. The summed E-state index contributed by atoms with van der Waals surface area (Å²) in [6.45, 7) is 4.68. The standard InChI is InChI=1S/C6H13NO4P/c1-4-7(5-2)6(8)11-12(9)10-3/h4-5H2,1-3H3/q+1. The van der Waals surface area contributed by atoms with Crippen molar-refractivity contribution in [2.45, 2.75) is 13.8 Å². The first kappa shape index (κ1) is 11.3. The molecule has 1 unspecified atom stereocenters. The van der Waals surface area contributed by atoms with Crippen LogP contribution < -0.4 is 0 Å². The van der Waals surface area contributed by atoms with Gasteiger partial charge in [0.2, 0.25) is 0 Å². The zero-order chi connectivity index (χ0) is 9.56. The van der Waals surface area contributed by atoms with Crippen molar-refractivity contribution < 1.29 is 18.4 Å². The molecule has 0 aliphatic carbocycles. The summed E-state index contributed by atoms with van der Waals surface area (Å²) in [5.74, 6) is 0. The molecule has 0 aromatic heterocycles. The quantitative estimate of drug-likeness (QED) is 0.640. The van der Waals surface area contributed by atoms with E-state index in [9.17, 15) is 9.36 Å². The van der Waals surface area contributed by atoms with E-state index in [0.29, 0.717) is 13.1 Å². The van der Waals surface area contributed by atoms with Gasteiger partial charge in [0.25, 0.3) is 0 Å². The molecule has 0 aromatic rings. The second kappa shape index (κ2) is 5.91. The van der Waals surface area contributed by atoms with Gasteiger partial charge in [-0.15, -0.1) is 4.52 Å². The topological polar surface area (TPSA) is 55.8 Å². The highest BCUT2D eigenvalue weighted by atomic mass is 31.1. The van der Waals surface area contributed by atoms with E-state index in [1.54, 1.807) is 0 Å². The van der Waals surface area contributed by atoms with Gasteiger partial charge in [0, 0.05) is 17.7 Å². The monoisotopic (exact) mass is 194 g/mol. The fraction of sp³-hybridized carbons (Fsp3) is 0.833. The summed E-state index contributed by atoms with van der Waals surface area (Å²) in [4.78, 5) is 12.4. The molecule has 1 amide bonds. The Morgan fingerprint density at radius 2 is 1.92 bits per heavy atom. The average molecular weight is 194 g/mol. The number of nitrogens with zero attached hydrogens (tertiary/aromatic N) is 1. The minimum Gasteiger partial charge on any atom is -0.305 e. The predicted octanol–water partition coefficient (Wildman–Crippen LogP) is 1.77. The van der Waals surface area contributed by atoms with E-state index in [4.69, 9.17) is 0 Å². The number of hydrogen-bond acceptors (Lipinski definition) is 4. The zero-order valence-electron chi connectivity index (χ0n) is 7.44. The van der Waals surface area contributed by atoms with Gasteiger partial charge in [0.15, 0.2) is 0 Å². The number of carbonyl (C=O) groups is 1. The van der Waals surface area contributed by atoms with Crippen LogP contribution in [0.3, 0.4) is 0 Å². The lowest BCUT2D eigenvalue weighted by Crippen LogP contribution is -2.29. The van der Waals surface area contributed by atoms with Crippen LogP contribution in [-0.4, -0.2) is 31.2 Å². The van der Waals surface area contributed by atoms with Crippen molar-refractivity contribution in [2.75, 3.05) is 20.2 Å². The van der Waals surface area contributed by atoms with E-state index in [0.717, 1.165) is 0 Å². The highest BCUT2D eigenvalue weighted by molar-refractivity contribution is 7.34.